The number of nitrogens with one attached hydrogen (secondary N) is 4. The van der Waals surface area contributed by atoms with Gasteiger partial charge in [-0.2, -0.15) is 0 Å². The van der Waals surface area contributed by atoms with Crippen LogP contribution in [0.1, 0.15) is 66.8 Å². The first-order valence-corrected chi connectivity index (χ1v) is 18.3. The van der Waals surface area contributed by atoms with Crippen LogP contribution in [-0.4, -0.2) is 0 Å². The lowest BCUT2D eigenvalue weighted by Crippen LogP contribution is -2.04. The first kappa shape index (κ1) is 36.3. The van der Waals surface area contributed by atoms with E-state index in [4.69, 9.17) is 0 Å². The van der Waals surface area contributed by atoms with Gasteiger partial charge in [-0.15, -0.1) is 0 Å². The standard InChI is InChI=1S/C48H54N4/c1-27-17-31(5)45(32(6)18-27)49-41-15-13-39(25-43(41)51-47-35(9)21-29(3)22-36(47)10)40-14-16-42(50-46-33(7)19-28(2)20-34(46)8)44(26-40)52-48-37(11)23-30(4)24-38(48)12/h13-26,49-52H,1-12H3. The van der Waals surface area contributed by atoms with E-state index in [-0.39, 0.29) is 0 Å². The molecule has 0 radical (unpaired) electrons. The predicted molar refractivity (Wildman–Crippen MR) is 228 cm³/mol. The molecule has 6 rings (SSSR count). The van der Waals surface area contributed by atoms with E-state index in [2.05, 4.69) is 189 Å². The van der Waals surface area contributed by atoms with Crippen LogP contribution in [0, 0.1) is 83.1 Å². The summed E-state index contributed by atoms with van der Waals surface area (Å²) in [5, 5.41) is 15.3. The van der Waals surface area contributed by atoms with Gasteiger partial charge in [-0.3, -0.25) is 0 Å². The molecule has 0 fully saturated rings. The zero-order chi connectivity index (χ0) is 37.4. The van der Waals surface area contributed by atoms with Crippen LogP contribution in [0.25, 0.3) is 11.1 Å². The normalized spacial score (nSPS) is 11.1. The highest BCUT2D eigenvalue weighted by molar-refractivity contribution is 5.89. The number of hydrogen-bond donors (Lipinski definition) is 4. The van der Waals surface area contributed by atoms with E-state index < -0.39 is 0 Å². The van der Waals surface area contributed by atoms with E-state index in [0.717, 1.165) is 56.6 Å². The van der Waals surface area contributed by atoms with E-state index >= 15 is 0 Å². The van der Waals surface area contributed by atoms with E-state index in [1.807, 2.05) is 0 Å². The van der Waals surface area contributed by atoms with E-state index in [9.17, 15) is 0 Å². The molecule has 0 aliphatic heterocycles. The van der Waals surface area contributed by atoms with E-state index in [1.54, 1.807) is 0 Å². The first-order chi connectivity index (χ1) is 24.7. The monoisotopic (exact) mass is 686 g/mol. The van der Waals surface area contributed by atoms with Gasteiger partial charge in [0.25, 0.3) is 0 Å². The van der Waals surface area contributed by atoms with Crippen molar-refractivity contribution in [2.75, 3.05) is 21.3 Å². The highest BCUT2D eigenvalue weighted by Gasteiger charge is 2.16. The second kappa shape index (κ2) is 14.6. The number of benzene rings is 6. The Labute approximate surface area is 311 Å². The lowest BCUT2D eigenvalue weighted by molar-refractivity contribution is 1.30. The van der Waals surface area contributed by atoms with Crippen molar-refractivity contribution in [3.05, 3.63) is 152 Å². The summed E-state index contributed by atoms with van der Waals surface area (Å²) in [6, 6.07) is 31.4. The second-order valence-electron chi connectivity index (χ2n) is 15.1. The smallest absolute Gasteiger partial charge is 0.0629 e. The van der Waals surface area contributed by atoms with Gasteiger partial charge in [-0.1, -0.05) is 82.9 Å². The van der Waals surface area contributed by atoms with Gasteiger partial charge in [-0.25, -0.2) is 0 Å². The van der Waals surface area contributed by atoms with Crippen LogP contribution in [-0.2, 0) is 0 Å². The maximum Gasteiger partial charge on any atom is 0.0629 e. The third-order valence-electron chi connectivity index (χ3n) is 10.1. The number of hydrogen-bond acceptors (Lipinski definition) is 4. The third kappa shape index (κ3) is 7.72. The summed E-state index contributed by atoms with van der Waals surface area (Å²) in [6.45, 7) is 26.1. The summed E-state index contributed by atoms with van der Waals surface area (Å²) in [7, 11) is 0. The van der Waals surface area contributed by atoms with Crippen LogP contribution >= 0.6 is 0 Å². The van der Waals surface area contributed by atoms with Crippen molar-refractivity contribution in [1.82, 2.24) is 0 Å². The molecule has 0 saturated heterocycles. The van der Waals surface area contributed by atoms with Crippen molar-refractivity contribution < 1.29 is 0 Å². The van der Waals surface area contributed by atoms with Crippen LogP contribution in [0.5, 0.6) is 0 Å². The Morgan fingerprint density at radius 2 is 0.462 bits per heavy atom. The zero-order valence-corrected chi connectivity index (χ0v) is 33.1. The summed E-state index contributed by atoms with van der Waals surface area (Å²) < 4.78 is 0. The van der Waals surface area contributed by atoms with Crippen LogP contribution in [0.3, 0.4) is 0 Å². The highest BCUT2D eigenvalue weighted by atomic mass is 15.0. The highest BCUT2D eigenvalue weighted by Crippen LogP contribution is 2.40. The lowest BCUT2D eigenvalue weighted by Gasteiger charge is -2.22. The van der Waals surface area contributed by atoms with Gasteiger partial charge in [0.2, 0.25) is 0 Å². The Kier molecular flexibility index (Phi) is 10.2. The molecule has 52 heavy (non-hydrogen) atoms. The minimum absolute atomic E-state index is 1.03. The van der Waals surface area contributed by atoms with Crippen LogP contribution in [0.2, 0.25) is 0 Å². The number of anilines is 8. The molecule has 0 atom stereocenters. The Morgan fingerprint density at radius 3 is 0.692 bits per heavy atom. The van der Waals surface area contributed by atoms with Crippen LogP contribution in [0.15, 0.2) is 84.9 Å². The van der Waals surface area contributed by atoms with Crippen LogP contribution in [0.4, 0.5) is 45.5 Å². The molecule has 0 bridgehead atoms. The number of aryl methyl sites for hydroxylation is 12. The average Bonchev–Trinajstić information content (AvgIpc) is 3.04. The second-order valence-corrected chi connectivity index (χ2v) is 15.1. The Bertz CT molecular complexity index is 2070. The van der Waals surface area contributed by atoms with Crippen molar-refractivity contribution in [2.45, 2.75) is 83.1 Å². The molecule has 6 aromatic carbocycles. The molecule has 4 N–H and O–H groups in total. The van der Waals surface area contributed by atoms with Gasteiger partial charge in [0.05, 0.1) is 22.7 Å². The molecule has 0 aromatic heterocycles. The summed E-state index contributed by atoms with van der Waals surface area (Å²) >= 11 is 0. The molecule has 6 aromatic rings. The lowest BCUT2D eigenvalue weighted by atomic mass is 9.99. The van der Waals surface area contributed by atoms with E-state index in [0.29, 0.717) is 0 Å². The molecule has 266 valence electrons. The number of rotatable bonds is 9. The molecule has 0 amide bonds. The summed E-state index contributed by atoms with van der Waals surface area (Å²) in [4.78, 5) is 0. The maximum atomic E-state index is 3.86. The van der Waals surface area contributed by atoms with Crippen molar-refractivity contribution in [2.24, 2.45) is 0 Å². The fourth-order valence-corrected chi connectivity index (χ4v) is 7.92. The van der Waals surface area contributed by atoms with E-state index in [1.165, 1.54) is 66.8 Å². The van der Waals surface area contributed by atoms with Gasteiger partial charge in [-0.05, 0) is 163 Å². The van der Waals surface area contributed by atoms with Gasteiger partial charge in [0.15, 0.2) is 0 Å². The molecule has 0 unspecified atom stereocenters. The van der Waals surface area contributed by atoms with Gasteiger partial charge in [0, 0.05) is 22.7 Å². The minimum atomic E-state index is 1.03. The molecule has 0 aliphatic carbocycles. The molecule has 4 nitrogen and oxygen atoms in total. The van der Waals surface area contributed by atoms with Gasteiger partial charge >= 0.3 is 0 Å². The molecule has 0 saturated carbocycles. The Hall–Kier alpha value is -5.48. The van der Waals surface area contributed by atoms with Crippen molar-refractivity contribution >= 4 is 45.5 Å². The maximum absolute atomic E-state index is 3.86. The Morgan fingerprint density at radius 1 is 0.250 bits per heavy atom. The fourth-order valence-electron chi connectivity index (χ4n) is 7.92. The zero-order valence-electron chi connectivity index (χ0n) is 33.1. The van der Waals surface area contributed by atoms with Crippen molar-refractivity contribution in [3.8, 4) is 11.1 Å². The van der Waals surface area contributed by atoms with Crippen molar-refractivity contribution in [3.63, 3.8) is 0 Å². The summed E-state index contributed by atoms with van der Waals surface area (Å²) in [5.41, 5.74) is 25.8. The SMILES string of the molecule is Cc1cc(C)c(Nc2ccc(-c3ccc(Nc4c(C)cc(C)cc4C)c(Nc4c(C)cc(C)cc4C)c3)cc2Nc2c(C)cc(C)cc2C)c(C)c1. The topological polar surface area (TPSA) is 48.1 Å². The molecule has 0 aliphatic rings. The predicted octanol–water partition coefficient (Wildman–Crippen LogP) is 14.0. The third-order valence-corrected chi connectivity index (χ3v) is 10.1. The molecular formula is C48H54N4. The average molecular weight is 687 g/mol. The molecular weight excluding hydrogens is 633 g/mol. The van der Waals surface area contributed by atoms with Crippen molar-refractivity contribution in [1.29, 1.82) is 0 Å². The molecule has 0 spiro atoms. The first-order valence-electron chi connectivity index (χ1n) is 18.3. The van der Waals surface area contributed by atoms with Gasteiger partial charge < -0.3 is 21.3 Å². The molecule has 4 heteroatoms. The van der Waals surface area contributed by atoms with Gasteiger partial charge in [0.1, 0.15) is 0 Å². The minimum Gasteiger partial charge on any atom is -0.353 e. The largest absolute Gasteiger partial charge is 0.353 e. The Balaban J connectivity index is 1.48. The summed E-state index contributed by atoms with van der Waals surface area (Å²) in [6.07, 6.45) is 0. The van der Waals surface area contributed by atoms with Crippen LogP contribution < -0.4 is 21.3 Å². The fraction of sp³-hybridized carbons (Fsp3) is 0.250. The molecule has 0 heterocycles. The quantitative estimate of drug-likeness (QED) is 0.122. The summed E-state index contributed by atoms with van der Waals surface area (Å²) in [5.74, 6) is 0.